The second-order valence-corrected chi connectivity index (χ2v) is 5.14. The summed E-state index contributed by atoms with van der Waals surface area (Å²) in [5.41, 5.74) is 3.59. The predicted molar refractivity (Wildman–Crippen MR) is 73.0 cm³/mol. The Balaban J connectivity index is 2.62. The molecule has 1 aromatic rings. The first-order valence-electron chi connectivity index (χ1n) is 5.61. The van der Waals surface area contributed by atoms with E-state index in [1.165, 1.54) is 6.92 Å². The van der Waals surface area contributed by atoms with E-state index in [4.69, 9.17) is 5.84 Å². The van der Waals surface area contributed by atoms with Gasteiger partial charge in [0.2, 0.25) is 0 Å². The molecule has 0 amide bonds. The number of aliphatic hydroxyl groups is 2. The fourth-order valence-electron chi connectivity index (χ4n) is 1.57. The highest BCUT2D eigenvalue weighted by atomic mass is 32.2. The summed E-state index contributed by atoms with van der Waals surface area (Å²) in [5, 5.41) is 19.9. The molecule has 0 radical (unpaired) electrons. The molecule has 2 atom stereocenters. The van der Waals surface area contributed by atoms with Gasteiger partial charge in [-0.15, -0.1) is 0 Å². The fraction of sp³-hybridized carbons (Fsp3) is 0.417. The van der Waals surface area contributed by atoms with Crippen molar-refractivity contribution in [2.45, 2.75) is 25.6 Å². The van der Waals surface area contributed by atoms with Crippen molar-refractivity contribution >= 4 is 22.6 Å². The third-order valence-corrected chi connectivity index (χ3v) is 3.36. The average molecular weight is 270 g/mol. The monoisotopic (exact) mass is 270 g/mol. The zero-order chi connectivity index (χ0) is 13.5. The third kappa shape index (κ3) is 4.30. The van der Waals surface area contributed by atoms with Crippen molar-refractivity contribution < 1.29 is 15.0 Å². The van der Waals surface area contributed by atoms with Crippen molar-refractivity contribution in [1.29, 1.82) is 0 Å². The number of nitrogens with two attached hydrogens (primary N) is 1. The number of para-hydroxylation sites is 1. The van der Waals surface area contributed by atoms with Crippen LogP contribution in [0.1, 0.15) is 25.0 Å². The Morgan fingerprint density at radius 1 is 1.44 bits per heavy atom. The zero-order valence-electron chi connectivity index (χ0n) is 10.2. The van der Waals surface area contributed by atoms with Gasteiger partial charge in [0, 0.05) is 18.2 Å². The Hall–Kier alpha value is -1.08. The fourth-order valence-corrected chi connectivity index (χ4v) is 2.22. The highest BCUT2D eigenvalue weighted by Crippen LogP contribution is 2.26. The molecule has 0 aliphatic carbocycles. The van der Waals surface area contributed by atoms with Crippen LogP contribution in [0.5, 0.6) is 0 Å². The Labute approximate surface area is 110 Å². The summed E-state index contributed by atoms with van der Waals surface area (Å²) in [5.74, 6) is 5.81. The first-order chi connectivity index (χ1) is 8.56. The first kappa shape index (κ1) is 15.0. The van der Waals surface area contributed by atoms with Crippen molar-refractivity contribution in [1.82, 2.24) is 0 Å². The lowest BCUT2D eigenvalue weighted by molar-refractivity contribution is -0.109. The minimum absolute atomic E-state index is 0.000662. The lowest BCUT2D eigenvalue weighted by Crippen LogP contribution is -2.21. The number of benzene rings is 1. The van der Waals surface area contributed by atoms with Gasteiger partial charge in [-0.1, -0.05) is 30.0 Å². The molecular formula is C12H18N2O3S. The third-order valence-electron chi connectivity index (χ3n) is 2.52. The molecule has 2 unspecified atom stereocenters. The molecule has 0 spiro atoms. The molecule has 0 heterocycles. The Morgan fingerprint density at radius 3 is 2.72 bits per heavy atom. The van der Waals surface area contributed by atoms with Gasteiger partial charge in [-0.3, -0.25) is 10.6 Å². The summed E-state index contributed by atoms with van der Waals surface area (Å²) in [4.78, 5) is 10.8. The number of nitrogen functional groups attached to an aromatic ring is 1. The molecule has 1 rings (SSSR count). The van der Waals surface area contributed by atoms with Crippen LogP contribution < -0.4 is 11.3 Å². The van der Waals surface area contributed by atoms with E-state index in [0.29, 0.717) is 23.4 Å². The van der Waals surface area contributed by atoms with Gasteiger partial charge in [0.15, 0.2) is 5.12 Å². The number of carbonyl (C=O) groups excluding carboxylic acids is 1. The molecule has 0 aromatic heterocycles. The average Bonchev–Trinajstić information content (AvgIpc) is 2.37. The summed E-state index contributed by atoms with van der Waals surface area (Å²) in [6, 6.07) is 6.95. The highest BCUT2D eigenvalue weighted by Gasteiger charge is 2.20. The molecule has 5 nitrogen and oxygen atoms in total. The molecule has 0 bridgehead atoms. The molecule has 100 valence electrons. The van der Waals surface area contributed by atoms with Crippen molar-refractivity contribution in [3.63, 3.8) is 0 Å². The maximum atomic E-state index is 10.8. The topological polar surface area (TPSA) is 95.6 Å². The molecule has 0 aliphatic heterocycles. The SMILES string of the molecule is CC(=O)SCCC(O)C(O)c1ccccc1NN. The summed E-state index contributed by atoms with van der Waals surface area (Å²) in [7, 11) is 0. The largest absolute Gasteiger partial charge is 0.390 e. The molecule has 5 N–H and O–H groups in total. The minimum Gasteiger partial charge on any atom is -0.390 e. The van der Waals surface area contributed by atoms with Crippen LogP contribution in [0.3, 0.4) is 0 Å². The summed E-state index contributed by atoms with van der Waals surface area (Å²) >= 11 is 1.13. The van der Waals surface area contributed by atoms with Crippen LogP contribution in [0.15, 0.2) is 24.3 Å². The molecule has 0 saturated carbocycles. The normalized spacial score (nSPS) is 14.0. The first-order valence-corrected chi connectivity index (χ1v) is 6.60. The molecular weight excluding hydrogens is 252 g/mol. The van der Waals surface area contributed by atoms with E-state index in [-0.39, 0.29) is 5.12 Å². The molecule has 18 heavy (non-hydrogen) atoms. The molecule has 6 heteroatoms. The Kier molecular flexibility index (Phi) is 6.14. The van der Waals surface area contributed by atoms with Crippen LogP contribution in [-0.2, 0) is 4.79 Å². The smallest absolute Gasteiger partial charge is 0.185 e. The number of hydrazine groups is 1. The standard InChI is InChI=1S/C12H18N2O3S/c1-8(15)18-7-6-11(16)12(17)9-4-2-3-5-10(9)14-13/h2-5,11-12,14,16-17H,6-7,13H2,1H3. The summed E-state index contributed by atoms with van der Waals surface area (Å²) in [6.45, 7) is 1.47. The second kappa shape index (κ2) is 7.38. The minimum atomic E-state index is -1.02. The molecule has 0 fully saturated rings. The maximum Gasteiger partial charge on any atom is 0.185 e. The van der Waals surface area contributed by atoms with Crippen LogP contribution in [0, 0.1) is 0 Å². The predicted octanol–water partition coefficient (Wildman–Crippen LogP) is 1.04. The van der Waals surface area contributed by atoms with Gasteiger partial charge in [-0.2, -0.15) is 0 Å². The van der Waals surface area contributed by atoms with Gasteiger partial charge >= 0.3 is 0 Å². The van der Waals surface area contributed by atoms with Gasteiger partial charge < -0.3 is 15.6 Å². The van der Waals surface area contributed by atoms with Crippen LogP contribution in [0.25, 0.3) is 0 Å². The van der Waals surface area contributed by atoms with E-state index < -0.39 is 12.2 Å². The number of hydrogen-bond donors (Lipinski definition) is 4. The second-order valence-electron chi connectivity index (χ2n) is 3.87. The lowest BCUT2D eigenvalue weighted by atomic mass is 10.0. The maximum absolute atomic E-state index is 10.8. The van der Waals surface area contributed by atoms with E-state index in [0.717, 1.165) is 11.8 Å². The summed E-state index contributed by atoms with van der Waals surface area (Å²) < 4.78 is 0. The van der Waals surface area contributed by atoms with Crippen LogP contribution in [-0.4, -0.2) is 27.2 Å². The number of thioether (sulfide) groups is 1. The number of aliphatic hydroxyl groups excluding tert-OH is 2. The molecule has 1 aromatic carbocycles. The van der Waals surface area contributed by atoms with Crippen LogP contribution >= 0.6 is 11.8 Å². The lowest BCUT2D eigenvalue weighted by Gasteiger charge is -2.20. The van der Waals surface area contributed by atoms with Crippen molar-refractivity contribution in [3.8, 4) is 0 Å². The quantitative estimate of drug-likeness (QED) is 0.455. The van der Waals surface area contributed by atoms with Gasteiger partial charge in [0.1, 0.15) is 6.10 Å². The van der Waals surface area contributed by atoms with E-state index in [9.17, 15) is 15.0 Å². The van der Waals surface area contributed by atoms with Crippen molar-refractivity contribution in [2.24, 2.45) is 5.84 Å². The number of rotatable bonds is 6. The molecule has 0 saturated heterocycles. The Bertz CT molecular complexity index is 401. The highest BCUT2D eigenvalue weighted by molar-refractivity contribution is 8.13. The van der Waals surface area contributed by atoms with E-state index >= 15 is 0 Å². The van der Waals surface area contributed by atoms with Gasteiger partial charge in [0.25, 0.3) is 0 Å². The number of carbonyl (C=O) groups is 1. The van der Waals surface area contributed by atoms with Crippen molar-refractivity contribution in [2.75, 3.05) is 11.2 Å². The number of nitrogens with one attached hydrogen (secondary N) is 1. The van der Waals surface area contributed by atoms with E-state index in [2.05, 4.69) is 5.43 Å². The van der Waals surface area contributed by atoms with Crippen LogP contribution in [0.2, 0.25) is 0 Å². The number of hydrogen-bond acceptors (Lipinski definition) is 6. The van der Waals surface area contributed by atoms with Crippen molar-refractivity contribution in [3.05, 3.63) is 29.8 Å². The van der Waals surface area contributed by atoms with Gasteiger partial charge in [-0.25, -0.2) is 0 Å². The van der Waals surface area contributed by atoms with E-state index in [1.807, 2.05) is 0 Å². The van der Waals surface area contributed by atoms with Gasteiger partial charge in [0.05, 0.1) is 11.8 Å². The van der Waals surface area contributed by atoms with E-state index in [1.54, 1.807) is 24.3 Å². The van der Waals surface area contributed by atoms with Gasteiger partial charge in [-0.05, 0) is 12.5 Å². The number of anilines is 1. The Morgan fingerprint density at radius 2 is 2.11 bits per heavy atom. The molecule has 0 aliphatic rings. The zero-order valence-corrected chi connectivity index (χ0v) is 11.0. The van der Waals surface area contributed by atoms with Crippen LogP contribution in [0.4, 0.5) is 5.69 Å². The summed E-state index contributed by atoms with van der Waals surface area (Å²) in [6.07, 6.45) is -1.61.